The predicted octanol–water partition coefficient (Wildman–Crippen LogP) is 2.66. The molecule has 0 aliphatic carbocycles. The highest BCUT2D eigenvalue weighted by atomic mass is 16.2. The summed E-state index contributed by atoms with van der Waals surface area (Å²) in [5.74, 6) is 0.417. The number of unbranched alkanes of at least 4 members (excludes halogenated alkanes) is 5. The first-order valence-electron chi connectivity index (χ1n) is 11.9. The summed E-state index contributed by atoms with van der Waals surface area (Å²) in [5.41, 5.74) is -0.217. The van der Waals surface area contributed by atoms with Crippen LogP contribution in [0.15, 0.2) is 49.5 Å². The molecule has 10 nitrogen and oxygen atoms in total. The number of nitrogens with one attached hydrogen (secondary N) is 2. The molecule has 0 saturated carbocycles. The summed E-state index contributed by atoms with van der Waals surface area (Å²) in [6.07, 6.45) is 6.62. The predicted molar refractivity (Wildman–Crippen MR) is 138 cm³/mol. The molecule has 0 radical (unpaired) electrons. The number of H-pyrrole nitrogens is 2. The summed E-state index contributed by atoms with van der Waals surface area (Å²) in [6, 6.07) is 8.65. The van der Waals surface area contributed by atoms with Gasteiger partial charge in [0.2, 0.25) is 0 Å². The maximum atomic E-state index is 12.6. The number of fused-ring (bicyclic) bond motifs is 2. The lowest BCUT2D eigenvalue weighted by Crippen LogP contribution is -2.34. The fraction of sp³-hybridized carbons (Fsp3) is 0.400. The Bertz CT molecular complexity index is 1580. The Hall–Kier alpha value is -3.95. The van der Waals surface area contributed by atoms with E-state index in [9.17, 15) is 19.2 Å². The van der Waals surface area contributed by atoms with E-state index in [1.165, 1.54) is 39.4 Å². The fourth-order valence-electron chi connectivity index (χ4n) is 4.18. The van der Waals surface area contributed by atoms with Gasteiger partial charge in [-0.1, -0.05) is 39.0 Å². The maximum Gasteiger partial charge on any atom is 0.329 e. The van der Waals surface area contributed by atoms with Crippen LogP contribution < -0.4 is 27.4 Å². The number of pyridine rings is 1. The molecule has 0 bridgehead atoms. The van der Waals surface area contributed by atoms with Gasteiger partial charge in [-0.25, -0.2) is 14.6 Å². The number of benzene rings is 1. The van der Waals surface area contributed by atoms with E-state index in [1.807, 2.05) is 17.0 Å². The first kappa shape index (κ1) is 24.2. The quantitative estimate of drug-likeness (QED) is 0.281. The normalized spacial score (nSPS) is 11.4. The Balaban J connectivity index is 1.77. The number of hydrogen-bond donors (Lipinski definition) is 2. The number of aromatic nitrogens is 5. The number of hydrogen-bond acceptors (Lipinski definition) is 6. The number of nitrogens with zero attached hydrogens (tertiary/aromatic N) is 4. The lowest BCUT2D eigenvalue weighted by atomic mass is 10.1. The molecule has 0 fully saturated rings. The third-order valence-electron chi connectivity index (χ3n) is 6.33. The highest BCUT2D eigenvalue weighted by Crippen LogP contribution is 2.27. The molecule has 0 spiro atoms. The van der Waals surface area contributed by atoms with Crippen molar-refractivity contribution >= 4 is 33.4 Å². The Kier molecular flexibility index (Phi) is 6.99. The van der Waals surface area contributed by atoms with Gasteiger partial charge in [-0.15, -0.1) is 0 Å². The van der Waals surface area contributed by atoms with Gasteiger partial charge in [-0.05, 0) is 30.7 Å². The maximum absolute atomic E-state index is 12.6. The molecule has 0 saturated heterocycles. The summed E-state index contributed by atoms with van der Waals surface area (Å²) in [6.45, 7) is 2.79. The second-order valence-electron chi connectivity index (χ2n) is 8.83. The van der Waals surface area contributed by atoms with Crippen LogP contribution in [0.2, 0.25) is 0 Å². The van der Waals surface area contributed by atoms with E-state index in [-0.39, 0.29) is 5.65 Å². The minimum absolute atomic E-state index is 0.234. The molecule has 184 valence electrons. The van der Waals surface area contributed by atoms with Gasteiger partial charge in [0, 0.05) is 37.8 Å². The lowest BCUT2D eigenvalue weighted by molar-refractivity contribution is 0.608. The molecule has 0 atom stereocenters. The lowest BCUT2D eigenvalue weighted by Gasteiger charge is -2.25. The van der Waals surface area contributed by atoms with Gasteiger partial charge in [0.25, 0.3) is 11.1 Å². The zero-order valence-electron chi connectivity index (χ0n) is 20.3. The second-order valence-corrected chi connectivity index (χ2v) is 8.83. The van der Waals surface area contributed by atoms with Crippen LogP contribution in [-0.4, -0.2) is 30.6 Å². The summed E-state index contributed by atoms with van der Waals surface area (Å²) >= 11 is 0. The smallest absolute Gasteiger partial charge is 0.328 e. The first-order valence-corrected chi connectivity index (χ1v) is 11.9. The molecule has 0 aliphatic heterocycles. The largest absolute Gasteiger partial charge is 0.329 e. The Morgan fingerprint density at radius 3 is 2.31 bits per heavy atom. The topological polar surface area (TPSA) is 126 Å². The van der Waals surface area contributed by atoms with Crippen molar-refractivity contribution < 1.29 is 0 Å². The van der Waals surface area contributed by atoms with E-state index in [0.29, 0.717) is 28.7 Å². The molecule has 2 N–H and O–H groups in total. The van der Waals surface area contributed by atoms with Crippen LogP contribution >= 0.6 is 0 Å². The van der Waals surface area contributed by atoms with Crippen LogP contribution in [-0.2, 0) is 14.1 Å². The van der Waals surface area contributed by atoms with Crippen molar-refractivity contribution in [1.29, 1.82) is 0 Å². The van der Waals surface area contributed by atoms with Gasteiger partial charge in [0.1, 0.15) is 11.5 Å². The minimum Gasteiger partial charge on any atom is -0.328 e. The van der Waals surface area contributed by atoms with Crippen molar-refractivity contribution in [2.45, 2.75) is 45.4 Å². The SMILES string of the molecule is CCCCCCCCN(c1ccc2nc3[nH]c(=O)n(C)c(=O)c3cc2c1)c1cc(=O)n(C)c(=O)[nH]1. The van der Waals surface area contributed by atoms with Crippen LogP contribution in [0.1, 0.15) is 45.4 Å². The van der Waals surface area contributed by atoms with Crippen LogP contribution in [0.5, 0.6) is 0 Å². The van der Waals surface area contributed by atoms with E-state index in [4.69, 9.17) is 0 Å². The zero-order valence-corrected chi connectivity index (χ0v) is 20.3. The Labute approximate surface area is 200 Å². The molecule has 10 heteroatoms. The molecular weight excluding hydrogens is 448 g/mol. The summed E-state index contributed by atoms with van der Waals surface area (Å²) < 4.78 is 2.04. The highest BCUT2D eigenvalue weighted by molar-refractivity contribution is 5.92. The standard InChI is InChI=1S/C25H30N6O4/c1-4-5-6-7-8-9-12-31(20-15-21(32)29(2)24(34)27-20)17-10-11-19-16(13-17)14-18-22(26-19)28-25(35)30(3)23(18)33/h10-11,13-15H,4-9,12H2,1-3H3,(H,27,34)(H,26,28,35). The third-order valence-corrected chi connectivity index (χ3v) is 6.33. The summed E-state index contributed by atoms with van der Waals surface area (Å²) in [4.78, 5) is 61.0. The molecule has 4 aromatic rings. The van der Waals surface area contributed by atoms with Gasteiger partial charge in [-0.3, -0.25) is 28.7 Å². The van der Waals surface area contributed by atoms with Gasteiger partial charge in [0.05, 0.1) is 10.9 Å². The molecule has 1 aromatic carbocycles. The first-order chi connectivity index (χ1) is 16.8. The second kappa shape index (κ2) is 10.1. The number of anilines is 2. The third kappa shape index (κ3) is 4.96. The number of aromatic amines is 2. The molecule has 3 heterocycles. The van der Waals surface area contributed by atoms with Crippen molar-refractivity contribution in [2.75, 3.05) is 11.4 Å². The molecule has 4 rings (SSSR count). The Morgan fingerprint density at radius 2 is 1.57 bits per heavy atom. The summed E-state index contributed by atoms with van der Waals surface area (Å²) in [7, 11) is 2.84. The molecule has 0 aliphatic rings. The van der Waals surface area contributed by atoms with Crippen molar-refractivity contribution in [3.8, 4) is 0 Å². The van der Waals surface area contributed by atoms with Crippen molar-refractivity contribution in [3.63, 3.8) is 0 Å². The molecule has 35 heavy (non-hydrogen) atoms. The fourth-order valence-corrected chi connectivity index (χ4v) is 4.18. The van der Waals surface area contributed by atoms with E-state index >= 15 is 0 Å². The summed E-state index contributed by atoms with van der Waals surface area (Å²) in [5, 5.41) is 1.01. The van der Waals surface area contributed by atoms with E-state index in [0.717, 1.165) is 34.1 Å². The van der Waals surface area contributed by atoms with Gasteiger partial charge in [-0.2, -0.15) is 0 Å². The minimum atomic E-state index is -0.523. The van der Waals surface area contributed by atoms with Crippen LogP contribution in [0.25, 0.3) is 21.9 Å². The van der Waals surface area contributed by atoms with E-state index in [2.05, 4.69) is 21.9 Å². The van der Waals surface area contributed by atoms with Crippen LogP contribution in [0, 0.1) is 0 Å². The van der Waals surface area contributed by atoms with Gasteiger partial charge >= 0.3 is 11.4 Å². The molecule has 0 amide bonds. The molecular formula is C25H30N6O4. The average Bonchev–Trinajstić information content (AvgIpc) is 2.84. The average molecular weight is 479 g/mol. The zero-order chi connectivity index (χ0) is 25.1. The van der Waals surface area contributed by atoms with E-state index in [1.54, 1.807) is 12.1 Å². The van der Waals surface area contributed by atoms with E-state index < -0.39 is 22.5 Å². The van der Waals surface area contributed by atoms with Crippen LogP contribution in [0.3, 0.4) is 0 Å². The van der Waals surface area contributed by atoms with Crippen LogP contribution in [0.4, 0.5) is 11.5 Å². The monoisotopic (exact) mass is 478 g/mol. The highest BCUT2D eigenvalue weighted by Gasteiger charge is 2.15. The van der Waals surface area contributed by atoms with Crippen molar-refractivity contribution in [2.24, 2.45) is 14.1 Å². The van der Waals surface area contributed by atoms with Gasteiger partial charge < -0.3 is 4.90 Å². The molecule has 0 unspecified atom stereocenters. The molecule has 3 aromatic heterocycles. The van der Waals surface area contributed by atoms with Gasteiger partial charge in [0.15, 0.2) is 0 Å². The van der Waals surface area contributed by atoms with Crippen molar-refractivity contribution in [1.82, 2.24) is 24.1 Å². The number of rotatable bonds is 9. The van der Waals surface area contributed by atoms with Crippen molar-refractivity contribution in [3.05, 3.63) is 72.0 Å². The Morgan fingerprint density at radius 1 is 0.857 bits per heavy atom.